The maximum Gasteiger partial charge on any atom is 0.244 e. The van der Waals surface area contributed by atoms with Gasteiger partial charge >= 0.3 is 0 Å². The molecule has 1 aromatic carbocycles. The number of hydrogen-bond donors (Lipinski definition) is 1. The maximum absolute atomic E-state index is 11.9. The molecule has 0 heterocycles. The van der Waals surface area contributed by atoms with Crippen molar-refractivity contribution in [1.82, 2.24) is 5.32 Å². The average Bonchev–Trinajstić information content (AvgIpc) is 2.40. The van der Waals surface area contributed by atoms with Gasteiger partial charge in [-0.25, -0.2) is 0 Å². The van der Waals surface area contributed by atoms with Crippen molar-refractivity contribution >= 4 is 12.0 Å². The number of amides is 1. The van der Waals surface area contributed by atoms with E-state index in [1.807, 2.05) is 24.3 Å². The molecule has 1 N–H and O–H groups in total. The average molecular weight is 257 g/mol. The molecule has 1 aliphatic rings. The Morgan fingerprint density at radius 1 is 1.26 bits per heavy atom. The normalized spacial score (nSPS) is 23.5. The highest BCUT2D eigenvalue weighted by Gasteiger charge is 2.21. The topological polar surface area (TPSA) is 29.1 Å². The fraction of sp³-hybridized carbons (Fsp3) is 0.471. The first-order chi connectivity index (χ1) is 9.16. The molecule has 2 heteroatoms. The molecule has 0 saturated heterocycles. The first kappa shape index (κ1) is 13.9. The highest BCUT2D eigenvalue weighted by atomic mass is 16.1. The van der Waals surface area contributed by atoms with Crippen molar-refractivity contribution in [3.8, 4) is 0 Å². The SMILES string of the molecule is Cc1ccccc1/C=C/C(=O)NC1CCCCC1C. The molecule has 0 aliphatic heterocycles. The minimum absolute atomic E-state index is 0.0296. The molecule has 1 aliphatic carbocycles. The Morgan fingerprint density at radius 2 is 2.00 bits per heavy atom. The number of benzene rings is 1. The monoisotopic (exact) mass is 257 g/mol. The van der Waals surface area contributed by atoms with Gasteiger partial charge in [-0.2, -0.15) is 0 Å². The number of hydrogen-bond acceptors (Lipinski definition) is 1. The van der Waals surface area contributed by atoms with Gasteiger partial charge in [0.15, 0.2) is 0 Å². The lowest BCUT2D eigenvalue weighted by atomic mass is 9.86. The van der Waals surface area contributed by atoms with Crippen LogP contribution < -0.4 is 5.32 Å². The van der Waals surface area contributed by atoms with Gasteiger partial charge in [0.1, 0.15) is 0 Å². The summed E-state index contributed by atoms with van der Waals surface area (Å²) in [5.74, 6) is 0.631. The molecule has 19 heavy (non-hydrogen) atoms. The Morgan fingerprint density at radius 3 is 2.74 bits per heavy atom. The first-order valence-electron chi connectivity index (χ1n) is 7.21. The van der Waals surface area contributed by atoms with Crippen LogP contribution >= 0.6 is 0 Å². The summed E-state index contributed by atoms with van der Waals surface area (Å²) in [6.07, 6.45) is 8.43. The molecular formula is C17H23NO. The van der Waals surface area contributed by atoms with E-state index in [-0.39, 0.29) is 5.91 Å². The van der Waals surface area contributed by atoms with Crippen molar-refractivity contribution in [2.75, 3.05) is 0 Å². The van der Waals surface area contributed by atoms with Gasteiger partial charge in [-0.3, -0.25) is 4.79 Å². The molecule has 1 amide bonds. The zero-order chi connectivity index (χ0) is 13.7. The van der Waals surface area contributed by atoms with E-state index < -0.39 is 0 Å². The van der Waals surface area contributed by atoms with Crippen LogP contribution in [-0.2, 0) is 4.79 Å². The van der Waals surface area contributed by atoms with E-state index in [9.17, 15) is 4.79 Å². The molecule has 1 saturated carbocycles. The second-order valence-corrected chi connectivity index (χ2v) is 5.57. The predicted octanol–water partition coefficient (Wildman–Crippen LogP) is 3.70. The third kappa shape index (κ3) is 3.95. The summed E-state index contributed by atoms with van der Waals surface area (Å²) in [4.78, 5) is 11.9. The molecule has 0 bridgehead atoms. The Balaban J connectivity index is 1.92. The highest BCUT2D eigenvalue weighted by molar-refractivity contribution is 5.92. The van der Waals surface area contributed by atoms with Crippen molar-refractivity contribution < 1.29 is 4.79 Å². The minimum Gasteiger partial charge on any atom is -0.350 e. The zero-order valence-electron chi connectivity index (χ0n) is 11.9. The summed E-state index contributed by atoms with van der Waals surface area (Å²) in [5.41, 5.74) is 2.30. The molecular weight excluding hydrogens is 234 g/mol. The van der Waals surface area contributed by atoms with Gasteiger partial charge < -0.3 is 5.32 Å². The van der Waals surface area contributed by atoms with Gasteiger partial charge in [0.2, 0.25) is 5.91 Å². The van der Waals surface area contributed by atoms with Crippen LogP contribution in [0.1, 0.15) is 43.7 Å². The van der Waals surface area contributed by atoms with E-state index in [2.05, 4.69) is 25.2 Å². The smallest absolute Gasteiger partial charge is 0.244 e. The lowest BCUT2D eigenvalue weighted by molar-refractivity contribution is -0.117. The number of carbonyl (C=O) groups is 1. The van der Waals surface area contributed by atoms with Crippen LogP contribution in [0, 0.1) is 12.8 Å². The largest absolute Gasteiger partial charge is 0.350 e. The van der Waals surface area contributed by atoms with Crippen LogP contribution in [0.5, 0.6) is 0 Å². The zero-order valence-corrected chi connectivity index (χ0v) is 11.9. The van der Waals surface area contributed by atoms with Gasteiger partial charge in [-0.05, 0) is 42.9 Å². The van der Waals surface area contributed by atoms with Crippen molar-refractivity contribution in [2.45, 2.75) is 45.6 Å². The molecule has 102 valence electrons. The van der Waals surface area contributed by atoms with E-state index in [1.54, 1.807) is 6.08 Å². The molecule has 1 fully saturated rings. The van der Waals surface area contributed by atoms with E-state index >= 15 is 0 Å². The molecule has 1 aromatic rings. The summed E-state index contributed by atoms with van der Waals surface area (Å²) >= 11 is 0. The van der Waals surface area contributed by atoms with E-state index in [0.29, 0.717) is 12.0 Å². The van der Waals surface area contributed by atoms with Crippen LogP contribution in [0.15, 0.2) is 30.3 Å². The fourth-order valence-corrected chi connectivity index (χ4v) is 2.70. The van der Waals surface area contributed by atoms with Crippen molar-refractivity contribution in [2.24, 2.45) is 5.92 Å². The summed E-state index contributed by atoms with van der Waals surface area (Å²) in [6, 6.07) is 8.44. The third-order valence-electron chi connectivity index (χ3n) is 4.04. The summed E-state index contributed by atoms with van der Waals surface area (Å²) in [6.45, 7) is 4.29. The van der Waals surface area contributed by atoms with E-state index in [4.69, 9.17) is 0 Å². The summed E-state index contributed by atoms with van der Waals surface area (Å²) in [5, 5.41) is 3.13. The van der Waals surface area contributed by atoms with Gasteiger partial charge in [0.05, 0.1) is 0 Å². The lowest BCUT2D eigenvalue weighted by Gasteiger charge is -2.29. The van der Waals surface area contributed by atoms with Crippen molar-refractivity contribution in [1.29, 1.82) is 0 Å². The van der Waals surface area contributed by atoms with E-state index in [0.717, 1.165) is 12.0 Å². The third-order valence-corrected chi connectivity index (χ3v) is 4.04. The van der Waals surface area contributed by atoms with Crippen molar-refractivity contribution in [3.63, 3.8) is 0 Å². The Kier molecular flexibility index (Phi) is 4.78. The fourth-order valence-electron chi connectivity index (χ4n) is 2.70. The number of rotatable bonds is 3. The molecule has 2 unspecified atom stereocenters. The van der Waals surface area contributed by atoms with Crippen LogP contribution in [0.4, 0.5) is 0 Å². The number of nitrogens with one attached hydrogen (secondary N) is 1. The van der Waals surface area contributed by atoms with Crippen LogP contribution in [0.25, 0.3) is 6.08 Å². The highest BCUT2D eigenvalue weighted by Crippen LogP contribution is 2.23. The van der Waals surface area contributed by atoms with Crippen LogP contribution in [0.3, 0.4) is 0 Å². The van der Waals surface area contributed by atoms with Gasteiger partial charge in [0.25, 0.3) is 0 Å². The van der Waals surface area contributed by atoms with Gasteiger partial charge in [0, 0.05) is 12.1 Å². The molecule has 2 atom stereocenters. The van der Waals surface area contributed by atoms with E-state index in [1.165, 1.54) is 24.8 Å². The quantitative estimate of drug-likeness (QED) is 0.822. The van der Waals surface area contributed by atoms with Gasteiger partial charge in [-0.1, -0.05) is 44.0 Å². The van der Waals surface area contributed by atoms with Crippen LogP contribution in [-0.4, -0.2) is 11.9 Å². The molecule has 2 nitrogen and oxygen atoms in total. The Labute approximate surface area is 115 Å². The number of aryl methyl sites for hydroxylation is 1. The summed E-state index contributed by atoms with van der Waals surface area (Å²) in [7, 11) is 0. The van der Waals surface area contributed by atoms with Crippen molar-refractivity contribution in [3.05, 3.63) is 41.5 Å². The standard InChI is InChI=1S/C17H23NO/c1-13-7-3-5-9-15(13)11-12-17(19)18-16-10-6-4-8-14(16)2/h3,5,7,9,11-12,14,16H,4,6,8,10H2,1-2H3,(H,18,19)/b12-11+. The second kappa shape index (κ2) is 6.55. The molecule has 0 spiro atoms. The lowest BCUT2D eigenvalue weighted by Crippen LogP contribution is -2.40. The maximum atomic E-state index is 11.9. The Bertz CT molecular complexity index is 464. The second-order valence-electron chi connectivity index (χ2n) is 5.57. The predicted molar refractivity (Wildman–Crippen MR) is 79.8 cm³/mol. The minimum atomic E-state index is 0.0296. The van der Waals surface area contributed by atoms with Gasteiger partial charge in [-0.15, -0.1) is 0 Å². The molecule has 0 aromatic heterocycles. The molecule has 0 radical (unpaired) electrons. The molecule has 2 rings (SSSR count). The number of carbonyl (C=O) groups excluding carboxylic acids is 1. The first-order valence-corrected chi connectivity index (χ1v) is 7.21. The van der Waals surface area contributed by atoms with Crippen LogP contribution in [0.2, 0.25) is 0 Å². The Hall–Kier alpha value is -1.57. The summed E-state index contributed by atoms with van der Waals surface area (Å²) < 4.78 is 0.